The maximum Gasteiger partial charge on any atom is 0.240 e. The molecule has 5 nitrogen and oxygen atoms in total. The monoisotopic (exact) mass is 252 g/mol. The van der Waals surface area contributed by atoms with Crippen molar-refractivity contribution >= 4 is 0 Å². The summed E-state index contributed by atoms with van der Waals surface area (Å²) in [6, 6.07) is 0.337. The van der Waals surface area contributed by atoms with Crippen LogP contribution in [-0.4, -0.2) is 34.2 Å². The Hall–Kier alpha value is -0.940. The number of unbranched alkanes of at least 4 members (excludes halogenated alkanes) is 1. The van der Waals surface area contributed by atoms with Crippen molar-refractivity contribution < 1.29 is 4.52 Å². The summed E-state index contributed by atoms with van der Waals surface area (Å²) in [7, 11) is 0. The number of aryl methyl sites for hydroxylation is 1. The average molecular weight is 252 g/mol. The summed E-state index contributed by atoms with van der Waals surface area (Å²) in [6.07, 6.45) is 4.25. The van der Waals surface area contributed by atoms with Gasteiger partial charge in [-0.2, -0.15) is 4.98 Å². The zero-order valence-electron chi connectivity index (χ0n) is 11.4. The fourth-order valence-electron chi connectivity index (χ4n) is 2.38. The average Bonchev–Trinajstić information content (AvgIpc) is 2.79. The van der Waals surface area contributed by atoms with Gasteiger partial charge in [-0.3, -0.25) is 4.90 Å². The molecule has 102 valence electrons. The van der Waals surface area contributed by atoms with E-state index in [1.165, 1.54) is 0 Å². The molecule has 0 aromatic carbocycles. The van der Waals surface area contributed by atoms with Crippen LogP contribution in [0.4, 0.5) is 0 Å². The molecule has 1 aromatic heterocycles. The standard InChI is InChI=1S/C13H24N4O/c1-3-4-5-12-15-13(18-16-12)9-17-7-6-11(14)10(2)8-17/h10-11H,3-9,14H2,1-2H3. The fourth-order valence-corrected chi connectivity index (χ4v) is 2.38. The van der Waals surface area contributed by atoms with Gasteiger partial charge in [0, 0.05) is 25.6 Å². The highest BCUT2D eigenvalue weighted by atomic mass is 16.5. The van der Waals surface area contributed by atoms with Gasteiger partial charge in [0.15, 0.2) is 5.82 Å². The van der Waals surface area contributed by atoms with Crippen molar-refractivity contribution in [2.24, 2.45) is 11.7 Å². The van der Waals surface area contributed by atoms with E-state index < -0.39 is 0 Å². The van der Waals surface area contributed by atoms with Crippen LogP contribution in [0.1, 0.15) is 44.8 Å². The Balaban J connectivity index is 1.84. The van der Waals surface area contributed by atoms with Crippen molar-refractivity contribution in [3.05, 3.63) is 11.7 Å². The van der Waals surface area contributed by atoms with Crippen LogP contribution in [0, 0.1) is 5.92 Å². The lowest BCUT2D eigenvalue weighted by molar-refractivity contribution is 0.142. The van der Waals surface area contributed by atoms with Crippen LogP contribution in [0.3, 0.4) is 0 Å². The fraction of sp³-hybridized carbons (Fsp3) is 0.846. The van der Waals surface area contributed by atoms with Crippen LogP contribution >= 0.6 is 0 Å². The molecule has 2 unspecified atom stereocenters. The molecule has 0 amide bonds. The number of piperidine rings is 1. The highest BCUT2D eigenvalue weighted by Gasteiger charge is 2.24. The van der Waals surface area contributed by atoms with Gasteiger partial charge >= 0.3 is 0 Å². The van der Waals surface area contributed by atoms with Gasteiger partial charge in [-0.05, 0) is 18.8 Å². The first-order valence-corrected chi connectivity index (χ1v) is 6.98. The van der Waals surface area contributed by atoms with Crippen LogP contribution in [0.5, 0.6) is 0 Å². The number of rotatable bonds is 5. The lowest BCUT2D eigenvalue weighted by Crippen LogP contribution is -2.45. The van der Waals surface area contributed by atoms with Crippen molar-refractivity contribution in [1.82, 2.24) is 15.0 Å². The molecule has 1 fully saturated rings. The SMILES string of the molecule is CCCCc1noc(CN2CCC(N)C(C)C2)n1. The summed E-state index contributed by atoms with van der Waals surface area (Å²) in [5, 5.41) is 4.02. The van der Waals surface area contributed by atoms with Crippen LogP contribution < -0.4 is 5.73 Å². The second-order valence-electron chi connectivity index (χ2n) is 5.37. The lowest BCUT2D eigenvalue weighted by Gasteiger charge is -2.34. The molecular formula is C13H24N4O. The van der Waals surface area contributed by atoms with E-state index in [0.717, 1.165) is 57.0 Å². The van der Waals surface area contributed by atoms with Gasteiger partial charge < -0.3 is 10.3 Å². The van der Waals surface area contributed by atoms with Crippen molar-refractivity contribution in [2.75, 3.05) is 13.1 Å². The van der Waals surface area contributed by atoms with Crippen molar-refractivity contribution in [1.29, 1.82) is 0 Å². The zero-order chi connectivity index (χ0) is 13.0. The van der Waals surface area contributed by atoms with Crippen LogP contribution in [0.15, 0.2) is 4.52 Å². The number of aromatic nitrogens is 2. The molecular weight excluding hydrogens is 228 g/mol. The Morgan fingerprint density at radius 3 is 3.06 bits per heavy atom. The Morgan fingerprint density at radius 2 is 2.33 bits per heavy atom. The predicted molar refractivity (Wildman–Crippen MR) is 69.9 cm³/mol. The van der Waals surface area contributed by atoms with Crippen LogP contribution in [-0.2, 0) is 13.0 Å². The van der Waals surface area contributed by atoms with Gasteiger partial charge in [-0.1, -0.05) is 25.4 Å². The first-order chi connectivity index (χ1) is 8.69. The van der Waals surface area contributed by atoms with Gasteiger partial charge in [0.1, 0.15) is 0 Å². The Bertz CT molecular complexity index is 366. The number of likely N-dealkylation sites (tertiary alicyclic amines) is 1. The van der Waals surface area contributed by atoms with Crippen molar-refractivity contribution in [2.45, 2.75) is 52.1 Å². The number of hydrogen-bond acceptors (Lipinski definition) is 5. The van der Waals surface area contributed by atoms with Gasteiger partial charge in [0.2, 0.25) is 5.89 Å². The molecule has 2 rings (SSSR count). The molecule has 2 atom stereocenters. The minimum absolute atomic E-state index is 0.337. The summed E-state index contributed by atoms with van der Waals surface area (Å²) >= 11 is 0. The molecule has 1 saturated heterocycles. The molecule has 0 aliphatic carbocycles. The first kappa shape index (κ1) is 13.5. The maximum absolute atomic E-state index is 6.01. The Labute approximate surface area is 109 Å². The van der Waals surface area contributed by atoms with E-state index in [9.17, 15) is 0 Å². The Morgan fingerprint density at radius 1 is 1.50 bits per heavy atom. The summed E-state index contributed by atoms with van der Waals surface area (Å²) < 4.78 is 5.29. The van der Waals surface area contributed by atoms with E-state index in [4.69, 9.17) is 10.3 Å². The molecule has 1 aromatic rings. The summed E-state index contributed by atoms with van der Waals surface area (Å²) in [4.78, 5) is 6.79. The molecule has 18 heavy (non-hydrogen) atoms. The van der Waals surface area contributed by atoms with E-state index in [1.54, 1.807) is 0 Å². The van der Waals surface area contributed by atoms with Gasteiger partial charge in [0.05, 0.1) is 6.54 Å². The van der Waals surface area contributed by atoms with E-state index in [-0.39, 0.29) is 0 Å². The quantitative estimate of drug-likeness (QED) is 0.861. The number of hydrogen-bond donors (Lipinski definition) is 1. The molecule has 1 aliphatic heterocycles. The molecule has 0 bridgehead atoms. The largest absolute Gasteiger partial charge is 0.338 e. The molecule has 0 saturated carbocycles. The van der Waals surface area contributed by atoms with Gasteiger partial charge in [-0.25, -0.2) is 0 Å². The normalized spacial score (nSPS) is 25.5. The second kappa shape index (κ2) is 6.29. The van der Waals surface area contributed by atoms with E-state index in [2.05, 4.69) is 28.9 Å². The molecule has 0 radical (unpaired) electrons. The minimum atomic E-state index is 0.337. The van der Waals surface area contributed by atoms with Crippen molar-refractivity contribution in [3.8, 4) is 0 Å². The molecule has 2 heterocycles. The third-order valence-corrected chi connectivity index (χ3v) is 3.68. The highest BCUT2D eigenvalue weighted by molar-refractivity contribution is 4.88. The van der Waals surface area contributed by atoms with Crippen LogP contribution in [0.25, 0.3) is 0 Å². The zero-order valence-corrected chi connectivity index (χ0v) is 11.4. The van der Waals surface area contributed by atoms with Gasteiger partial charge in [0.25, 0.3) is 0 Å². The molecule has 2 N–H and O–H groups in total. The highest BCUT2D eigenvalue weighted by Crippen LogP contribution is 2.16. The minimum Gasteiger partial charge on any atom is -0.338 e. The number of nitrogens with zero attached hydrogens (tertiary/aromatic N) is 3. The third kappa shape index (κ3) is 3.53. The van der Waals surface area contributed by atoms with Gasteiger partial charge in [-0.15, -0.1) is 0 Å². The predicted octanol–water partition coefficient (Wildman–Crippen LogP) is 1.58. The lowest BCUT2D eigenvalue weighted by atomic mass is 9.95. The third-order valence-electron chi connectivity index (χ3n) is 3.68. The van der Waals surface area contributed by atoms with Crippen molar-refractivity contribution in [3.63, 3.8) is 0 Å². The molecule has 5 heteroatoms. The topological polar surface area (TPSA) is 68.2 Å². The van der Waals surface area contributed by atoms with E-state index >= 15 is 0 Å². The number of nitrogens with two attached hydrogens (primary N) is 1. The van der Waals surface area contributed by atoms with E-state index in [1.807, 2.05) is 0 Å². The summed E-state index contributed by atoms with van der Waals surface area (Å²) in [5.41, 5.74) is 6.01. The van der Waals surface area contributed by atoms with Crippen LogP contribution in [0.2, 0.25) is 0 Å². The molecule has 0 spiro atoms. The van der Waals surface area contributed by atoms with E-state index in [0.29, 0.717) is 12.0 Å². The smallest absolute Gasteiger partial charge is 0.240 e. The summed E-state index contributed by atoms with van der Waals surface area (Å²) in [6.45, 7) is 7.18. The Kier molecular flexibility index (Phi) is 4.72. The summed E-state index contributed by atoms with van der Waals surface area (Å²) in [5.74, 6) is 2.12. The maximum atomic E-state index is 6.01. The molecule has 1 aliphatic rings. The second-order valence-corrected chi connectivity index (χ2v) is 5.37. The first-order valence-electron chi connectivity index (χ1n) is 6.98.